The summed E-state index contributed by atoms with van der Waals surface area (Å²) in [5, 5.41) is 8.56. The number of fused-ring (bicyclic) bond motifs is 1. The van der Waals surface area contributed by atoms with Gasteiger partial charge in [0, 0.05) is 22.6 Å². The Hall–Kier alpha value is -1.51. The van der Waals surface area contributed by atoms with Gasteiger partial charge in [-0.2, -0.15) is 5.10 Å². The quantitative estimate of drug-likeness (QED) is 0.775. The molecular weight excluding hydrogens is 188 g/mol. The number of rotatable bonds is 1. The van der Waals surface area contributed by atoms with Crippen LogP contribution in [0.2, 0.25) is 0 Å². The first-order valence-corrected chi connectivity index (χ1v) is 5.05. The Morgan fingerprint density at radius 3 is 2.60 bits per heavy atom. The largest absolute Gasteiger partial charge is 0.497 e. The predicted octanol–water partition coefficient (Wildman–Crippen LogP) is 2.87. The molecule has 2 rings (SSSR count). The highest BCUT2D eigenvalue weighted by molar-refractivity contribution is 5.83. The van der Waals surface area contributed by atoms with Gasteiger partial charge in [-0.1, -0.05) is 20.8 Å². The summed E-state index contributed by atoms with van der Waals surface area (Å²) >= 11 is 0. The van der Waals surface area contributed by atoms with Gasteiger partial charge in [-0.3, -0.25) is 5.10 Å². The molecule has 1 heterocycles. The van der Waals surface area contributed by atoms with Crippen molar-refractivity contribution < 1.29 is 4.74 Å². The van der Waals surface area contributed by atoms with Crippen molar-refractivity contribution >= 4 is 10.9 Å². The van der Waals surface area contributed by atoms with Gasteiger partial charge in [-0.15, -0.1) is 0 Å². The summed E-state index contributed by atoms with van der Waals surface area (Å²) in [4.78, 5) is 0. The van der Waals surface area contributed by atoms with Gasteiger partial charge in [0.25, 0.3) is 0 Å². The molecule has 0 amide bonds. The van der Waals surface area contributed by atoms with Crippen LogP contribution in [0.25, 0.3) is 10.9 Å². The van der Waals surface area contributed by atoms with Gasteiger partial charge >= 0.3 is 0 Å². The molecule has 1 aromatic carbocycles. The lowest BCUT2D eigenvalue weighted by Crippen LogP contribution is -2.11. The van der Waals surface area contributed by atoms with Crippen molar-refractivity contribution in [1.82, 2.24) is 10.2 Å². The molecule has 3 nitrogen and oxygen atoms in total. The number of methoxy groups -OCH3 is 1. The molecule has 0 fully saturated rings. The molecule has 0 aliphatic carbocycles. The molecule has 0 radical (unpaired) electrons. The van der Waals surface area contributed by atoms with Crippen LogP contribution >= 0.6 is 0 Å². The molecule has 3 heteroatoms. The average Bonchev–Trinajstić information content (AvgIpc) is 2.59. The maximum atomic E-state index is 5.16. The third-order valence-corrected chi connectivity index (χ3v) is 2.51. The first kappa shape index (κ1) is 10.0. The predicted molar refractivity (Wildman–Crippen MR) is 61.3 cm³/mol. The van der Waals surface area contributed by atoms with Crippen LogP contribution in [0.5, 0.6) is 5.75 Å². The maximum absolute atomic E-state index is 5.16. The van der Waals surface area contributed by atoms with E-state index < -0.39 is 0 Å². The molecule has 0 saturated heterocycles. The molecular formula is C12H16N2O. The molecule has 0 atom stereocenters. The molecule has 2 aromatic rings. The number of H-pyrrole nitrogens is 1. The Labute approximate surface area is 89.4 Å². The van der Waals surface area contributed by atoms with E-state index in [1.807, 2.05) is 12.1 Å². The van der Waals surface area contributed by atoms with Crippen LogP contribution < -0.4 is 4.74 Å². The molecule has 80 valence electrons. The monoisotopic (exact) mass is 204 g/mol. The summed E-state index contributed by atoms with van der Waals surface area (Å²) in [5.74, 6) is 0.842. The summed E-state index contributed by atoms with van der Waals surface area (Å²) in [5.41, 5.74) is 2.21. The number of nitrogens with one attached hydrogen (secondary N) is 1. The van der Waals surface area contributed by atoms with Gasteiger partial charge in [-0.25, -0.2) is 0 Å². The minimum Gasteiger partial charge on any atom is -0.497 e. The molecule has 0 aliphatic heterocycles. The number of ether oxygens (including phenoxy) is 1. The average molecular weight is 204 g/mol. The number of hydrogen-bond acceptors (Lipinski definition) is 2. The maximum Gasteiger partial charge on any atom is 0.121 e. The van der Waals surface area contributed by atoms with E-state index in [2.05, 4.69) is 37.0 Å². The van der Waals surface area contributed by atoms with E-state index >= 15 is 0 Å². The smallest absolute Gasteiger partial charge is 0.121 e. The van der Waals surface area contributed by atoms with E-state index in [0.717, 1.165) is 11.3 Å². The van der Waals surface area contributed by atoms with E-state index in [1.54, 1.807) is 7.11 Å². The van der Waals surface area contributed by atoms with Gasteiger partial charge in [0.05, 0.1) is 12.6 Å². The Kier molecular flexibility index (Phi) is 2.18. The second-order valence-corrected chi connectivity index (χ2v) is 4.73. The van der Waals surface area contributed by atoms with Crippen LogP contribution in [0.15, 0.2) is 18.2 Å². The molecule has 0 unspecified atom stereocenters. The van der Waals surface area contributed by atoms with Crippen molar-refractivity contribution in [3.8, 4) is 5.75 Å². The highest BCUT2D eigenvalue weighted by Gasteiger charge is 2.19. The van der Waals surface area contributed by atoms with Crippen molar-refractivity contribution in [2.24, 2.45) is 0 Å². The normalized spacial score (nSPS) is 12.0. The van der Waals surface area contributed by atoms with Crippen molar-refractivity contribution in [3.63, 3.8) is 0 Å². The lowest BCUT2D eigenvalue weighted by Gasteiger charge is -2.16. The first-order valence-electron chi connectivity index (χ1n) is 5.05. The highest BCUT2D eigenvalue weighted by Crippen LogP contribution is 2.29. The summed E-state index contributed by atoms with van der Waals surface area (Å²) in [7, 11) is 1.67. The Bertz CT molecular complexity index is 480. The topological polar surface area (TPSA) is 37.9 Å². The summed E-state index contributed by atoms with van der Waals surface area (Å²) < 4.78 is 5.16. The molecule has 1 aromatic heterocycles. The Morgan fingerprint density at radius 1 is 1.27 bits per heavy atom. The molecule has 15 heavy (non-hydrogen) atoms. The van der Waals surface area contributed by atoms with E-state index in [1.165, 1.54) is 11.1 Å². The molecule has 1 N–H and O–H groups in total. The number of hydrogen-bond donors (Lipinski definition) is 1. The SMILES string of the molecule is COc1ccc2c(C(C)(C)C)[nH]nc2c1. The van der Waals surface area contributed by atoms with Crippen LogP contribution in [-0.2, 0) is 5.41 Å². The van der Waals surface area contributed by atoms with E-state index in [4.69, 9.17) is 4.74 Å². The lowest BCUT2D eigenvalue weighted by molar-refractivity contribution is 0.415. The number of benzene rings is 1. The van der Waals surface area contributed by atoms with Crippen molar-refractivity contribution in [2.75, 3.05) is 7.11 Å². The zero-order valence-electron chi connectivity index (χ0n) is 9.59. The summed E-state index contributed by atoms with van der Waals surface area (Å²) in [6, 6.07) is 5.96. The van der Waals surface area contributed by atoms with Crippen LogP contribution in [0, 0.1) is 0 Å². The number of aromatic nitrogens is 2. The minimum atomic E-state index is 0.0866. The third kappa shape index (κ3) is 1.69. The van der Waals surface area contributed by atoms with E-state index in [9.17, 15) is 0 Å². The van der Waals surface area contributed by atoms with Gasteiger partial charge in [0.15, 0.2) is 0 Å². The summed E-state index contributed by atoms with van der Waals surface area (Å²) in [6.07, 6.45) is 0. The number of nitrogens with zero attached hydrogens (tertiary/aromatic N) is 1. The molecule has 0 aliphatic rings. The Morgan fingerprint density at radius 2 is 2.00 bits per heavy atom. The fourth-order valence-corrected chi connectivity index (χ4v) is 1.69. The standard InChI is InChI=1S/C12H16N2O/c1-12(2,3)11-9-6-5-8(15-4)7-10(9)13-14-11/h5-7H,1-4H3,(H,13,14). The van der Waals surface area contributed by atoms with E-state index in [0.29, 0.717) is 0 Å². The fraction of sp³-hybridized carbons (Fsp3) is 0.417. The van der Waals surface area contributed by atoms with Gasteiger partial charge in [-0.05, 0) is 12.1 Å². The molecule has 0 saturated carbocycles. The number of aromatic amines is 1. The van der Waals surface area contributed by atoms with Gasteiger partial charge in [0.2, 0.25) is 0 Å². The first-order chi connectivity index (χ1) is 7.02. The third-order valence-electron chi connectivity index (χ3n) is 2.51. The second-order valence-electron chi connectivity index (χ2n) is 4.73. The van der Waals surface area contributed by atoms with Crippen LogP contribution in [0.4, 0.5) is 0 Å². The second kappa shape index (κ2) is 3.26. The zero-order chi connectivity index (χ0) is 11.1. The summed E-state index contributed by atoms with van der Waals surface area (Å²) in [6.45, 7) is 6.51. The van der Waals surface area contributed by atoms with Crippen LogP contribution in [-0.4, -0.2) is 17.3 Å². The van der Waals surface area contributed by atoms with Gasteiger partial charge in [0.1, 0.15) is 5.75 Å². The Balaban J connectivity index is 2.62. The highest BCUT2D eigenvalue weighted by atomic mass is 16.5. The molecule has 0 bridgehead atoms. The lowest BCUT2D eigenvalue weighted by atomic mass is 9.90. The zero-order valence-corrected chi connectivity index (χ0v) is 9.59. The fourth-order valence-electron chi connectivity index (χ4n) is 1.69. The minimum absolute atomic E-state index is 0.0866. The van der Waals surface area contributed by atoms with E-state index in [-0.39, 0.29) is 5.41 Å². The van der Waals surface area contributed by atoms with Crippen LogP contribution in [0.1, 0.15) is 26.5 Å². The van der Waals surface area contributed by atoms with Crippen molar-refractivity contribution in [3.05, 3.63) is 23.9 Å². The van der Waals surface area contributed by atoms with Crippen molar-refractivity contribution in [1.29, 1.82) is 0 Å². The van der Waals surface area contributed by atoms with Crippen LogP contribution in [0.3, 0.4) is 0 Å². The van der Waals surface area contributed by atoms with Gasteiger partial charge < -0.3 is 4.74 Å². The molecule has 0 spiro atoms. The van der Waals surface area contributed by atoms with Crippen molar-refractivity contribution in [2.45, 2.75) is 26.2 Å².